The van der Waals surface area contributed by atoms with Gasteiger partial charge in [-0.25, -0.2) is 8.42 Å². The second kappa shape index (κ2) is 7.42. The van der Waals surface area contributed by atoms with Crippen LogP contribution in [0.3, 0.4) is 0 Å². The largest absolute Gasteiger partial charge is 0.346 e. The summed E-state index contributed by atoms with van der Waals surface area (Å²) in [5.41, 5.74) is 1.36. The van der Waals surface area contributed by atoms with Crippen LogP contribution in [0, 0.1) is 0 Å². The zero-order chi connectivity index (χ0) is 17.9. The van der Waals surface area contributed by atoms with Gasteiger partial charge in [-0.2, -0.15) is 0 Å². The van der Waals surface area contributed by atoms with Gasteiger partial charge in [0.15, 0.2) is 0 Å². The van der Waals surface area contributed by atoms with Crippen LogP contribution in [-0.2, 0) is 10.0 Å². The van der Waals surface area contributed by atoms with Crippen LogP contribution >= 0.6 is 23.2 Å². The lowest BCUT2D eigenvalue weighted by Crippen LogP contribution is -2.26. The zero-order valence-corrected chi connectivity index (χ0v) is 15.3. The molecule has 2 aromatic carbocycles. The first-order valence-electron chi connectivity index (χ1n) is 6.99. The Morgan fingerprint density at radius 3 is 2.29 bits per heavy atom. The molecule has 128 valence electrons. The van der Waals surface area contributed by atoms with Crippen molar-refractivity contribution in [1.29, 1.82) is 0 Å². The summed E-state index contributed by atoms with van der Waals surface area (Å²) in [5.74, 6) is -0.342. The van der Waals surface area contributed by atoms with E-state index in [4.69, 9.17) is 23.2 Å². The van der Waals surface area contributed by atoms with Crippen LogP contribution in [-0.4, -0.2) is 20.6 Å². The van der Waals surface area contributed by atoms with Crippen molar-refractivity contribution in [2.45, 2.75) is 13.0 Å². The molecule has 2 N–H and O–H groups in total. The second-order valence-corrected chi connectivity index (χ2v) is 7.91. The summed E-state index contributed by atoms with van der Waals surface area (Å²) >= 11 is 11.8. The summed E-state index contributed by atoms with van der Waals surface area (Å²) in [5, 5.41) is 3.67. The number of anilines is 1. The Morgan fingerprint density at radius 2 is 1.71 bits per heavy atom. The maximum Gasteiger partial charge on any atom is 0.251 e. The summed E-state index contributed by atoms with van der Waals surface area (Å²) in [6.45, 7) is 1.84. The number of nitrogens with one attached hydrogen (secondary N) is 2. The maximum atomic E-state index is 12.4. The number of hydrogen-bond acceptors (Lipinski definition) is 3. The molecule has 0 aliphatic heterocycles. The summed E-state index contributed by atoms with van der Waals surface area (Å²) in [6, 6.07) is 11.3. The summed E-state index contributed by atoms with van der Waals surface area (Å²) in [4.78, 5) is 12.4. The van der Waals surface area contributed by atoms with E-state index in [1.54, 1.807) is 12.1 Å². The first kappa shape index (κ1) is 18.6. The van der Waals surface area contributed by atoms with Crippen molar-refractivity contribution in [2.75, 3.05) is 11.0 Å². The number of amides is 1. The molecule has 1 amide bonds. The molecule has 0 fully saturated rings. The van der Waals surface area contributed by atoms with E-state index < -0.39 is 10.0 Å². The average molecular weight is 387 g/mol. The molecular formula is C16H16Cl2N2O3S. The molecule has 0 heterocycles. The summed E-state index contributed by atoms with van der Waals surface area (Å²) in [6.07, 6.45) is 1.01. The van der Waals surface area contributed by atoms with Gasteiger partial charge in [0.1, 0.15) is 0 Å². The third-order valence-corrected chi connectivity index (χ3v) is 4.41. The van der Waals surface area contributed by atoms with Crippen LogP contribution in [0.15, 0.2) is 42.5 Å². The normalized spacial score (nSPS) is 12.5. The highest BCUT2D eigenvalue weighted by Crippen LogP contribution is 2.24. The highest BCUT2D eigenvalue weighted by atomic mass is 35.5. The van der Waals surface area contributed by atoms with E-state index in [1.807, 2.05) is 19.1 Å². The van der Waals surface area contributed by atoms with Gasteiger partial charge in [0.2, 0.25) is 10.0 Å². The maximum absolute atomic E-state index is 12.4. The van der Waals surface area contributed by atoms with E-state index in [-0.39, 0.29) is 22.7 Å². The van der Waals surface area contributed by atoms with E-state index in [1.165, 1.54) is 18.2 Å². The SMILES string of the molecule is C[C@@H](NC(=O)c1ccc(Cl)c(NS(C)(=O)=O)c1)c1ccc(Cl)cc1. The van der Waals surface area contributed by atoms with E-state index in [9.17, 15) is 13.2 Å². The van der Waals surface area contributed by atoms with Crippen LogP contribution in [0.25, 0.3) is 0 Å². The number of benzene rings is 2. The molecule has 0 saturated carbocycles. The van der Waals surface area contributed by atoms with Crippen molar-refractivity contribution in [3.8, 4) is 0 Å². The molecule has 24 heavy (non-hydrogen) atoms. The van der Waals surface area contributed by atoms with Gasteiger partial charge in [0.25, 0.3) is 5.91 Å². The third kappa shape index (κ3) is 5.12. The van der Waals surface area contributed by atoms with Crippen LogP contribution in [0.5, 0.6) is 0 Å². The molecule has 0 spiro atoms. The molecule has 2 rings (SSSR count). The second-order valence-electron chi connectivity index (χ2n) is 5.32. The molecule has 1 atom stereocenters. The molecule has 0 aliphatic carbocycles. The molecule has 5 nitrogen and oxygen atoms in total. The standard InChI is InChI=1S/C16H16Cl2N2O3S/c1-10(11-3-6-13(17)7-4-11)19-16(21)12-5-8-14(18)15(9-12)20-24(2,22)23/h3-10,20H,1-2H3,(H,19,21)/t10-/m1/s1. The minimum Gasteiger partial charge on any atom is -0.346 e. The van der Waals surface area contributed by atoms with E-state index >= 15 is 0 Å². The van der Waals surface area contributed by atoms with Crippen molar-refractivity contribution >= 4 is 44.8 Å². The van der Waals surface area contributed by atoms with Gasteiger partial charge >= 0.3 is 0 Å². The number of carbonyl (C=O) groups excluding carboxylic acids is 1. The molecule has 0 bridgehead atoms. The molecule has 0 radical (unpaired) electrons. The Bertz CT molecular complexity index is 852. The van der Waals surface area contributed by atoms with Gasteiger partial charge < -0.3 is 5.32 Å². The predicted molar refractivity (Wildman–Crippen MR) is 97.3 cm³/mol. The first-order chi connectivity index (χ1) is 11.2. The monoisotopic (exact) mass is 386 g/mol. The lowest BCUT2D eigenvalue weighted by atomic mass is 10.1. The molecule has 0 unspecified atom stereocenters. The van der Waals surface area contributed by atoms with Crippen molar-refractivity contribution in [2.24, 2.45) is 0 Å². The highest BCUT2D eigenvalue weighted by Gasteiger charge is 2.14. The Hall–Kier alpha value is -1.76. The highest BCUT2D eigenvalue weighted by molar-refractivity contribution is 7.92. The minimum atomic E-state index is -3.49. The van der Waals surface area contributed by atoms with E-state index in [2.05, 4.69) is 10.0 Å². The fourth-order valence-electron chi connectivity index (χ4n) is 2.06. The predicted octanol–water partition coefficient (Wildman–Crippen LogP) is 3.86. The van der Waals surface area contributed by atoms with Gasteiger partial charge in [-0.1, -0.05) is 35.3 Å². The molecule has 0 aromatic heterocycles. The minimum absolute atomic E-state index is 0.158. The van der Waals surface area contributed by atoms with Gasteiger partial charge in [-0.15, -0.1) is 0 Å². The lowest BCUT2D eigenvalue weighted by Gasteiger charge is -2.15. The molecule has 0 aliphatic rings. The number of rotatable bonds is 5. The number of sulfonamides is 1. The van der Waals surface area contributed by atoms with Crippen LogP contribution in [0.2, 0.25) is 10.0 Å². The molecule has 8 heteroatoms. The van der Waals surface area contributed by atoms with Crippen molar-refractivity contribution in [3.63, 3.8) is 0 Å². The van der Waals surface area contributed by atoms with Crippen LogP contribution in [0.1, 0.15) is 28.9 Å². The number of carbonyl (C=O) groups is 1. The number of hydrogen-bond donors (Lipinski definition) is 2. The van der Waals surface area contributed by atoms with Gasteiger partial charge in [-0.05, 0) is 42.8 Å². The van der Waals surface area contributed by atoms with Gasteiger partial charge in [0.05, 0.1) is 23.0 Å². The van der Waals surface area contributed by atoms with E-state index in [0.717, 1.165) is 11.8 Å². The third-order valence-electron chi connectivity index (χ3n) is 3.24. The van der Waals surface area contributed by atoms with Crippen molar-refractivity contribution < 1.29 is 13.2 Å². The van der Waals surface area contributed by atoms with Crippen LogP contribution < -0.4 is 10.0 Å². The fourth-order valence-corrected chi connectivity index (χ4v) is 2.97. The van der Waals surface area contributed by atoms with Crippen LogP contribution in [0.4, 0.5) is 5.69 Å². The fraction of sp³-hybridized carbons (Fsp3) is 0.188. The summed E-state index contributed by atoms with van der Waals surface area (Å²) < 4.78 is 25.0. The smallest absolute Gasteiger partial charge is 0.251 e. The van der Waals surface area contributed by atoms with E-state index in [0.29, 0.717) is 10.6 Å². The Labute approximate surface area is 151 Å². The van der Waals surface area contributed by atoms with Crippen molar-refractivity contribution in [1.82, 2.24) is 5.32 Å². The first-order valence-corrected chi connectivity index (χ1v) is 9.64. The van der Waals surface area contributed by atoms with Gasteiger partial charge in [0, 0.05) is 10.6 Å². The number of halogens is 2. The Kier molecular flexibility index (Phi) is 5.74. The lowest BCUT2D eigenvalue weighted by molar-refractivity contribution is 0.0940. The Morgan fingerprint density at radius 1 is 1.08 bits per heavy atom. The topological polar surface area (TPSA) is 75.3 Å². The Balaban J connectivity index is 2.17. The molecule has 0 saturated heterocycles. The quantitative estimate of drug-likeness (QED) is 0.818. The molecule has 2 aromatic rings. The molecular weight excluding hydrogens is 371 g/mol. The zero-order valence-electron chi connectivity index (χ0n) is 13.0. The van der Waals surface area contributed by atoms with Crippen molar-refractivity contribution in [3.05, 3.63) is 63.6 Å². The van der Waals surface area contributed by atoms with Gasteiger partial charge in [-0.3, -0.25) is 9.52 Å². The summed E-state index contributed by atoms with van der Waals surface area (Å²) in [7, 11) is -3.49. The average Bonchev–Trinajstić information content (AvgIpc) is 2.48.